The van der Waals surface area contributed by atoms with E-state index in [0.29, 0.717) is 0 Å². The normalized spacial score (nSPS) is 11.2. The number of nitrogens with one attached hydrogen (secondary N) is 1. The number of rotatable bonds is 8. The first-order chi connectivity index (χ1) is 10.2. The Balaban J connectivity index is 1.82. The van der Waals surface area contributed by atoms with Crippen LogP contribution in [0.25, 0.3) is 11.3 Å². The van der Waals surface area contributed by atoms with Crippen molar-refractivity contribution in [3.63, 3.8) is 0 Å². The average Bonchev–Trinajstić information content (AvgIpc) is 2.97. The van der Waals surface area contributed by atoms with E-state index < -0.39 is 0 Å². The molecule has 3 nitrogen and oxygen atoms in total. The summed E-state index contributed by atoms with van der Waals surface area (Å²) in [5, 5.41) is 2.33. The summed E-state index contributed by atoms with van der Waals surface area (Å²) in [4.78, 5) is 1.65. The number of hydrogen-bond acceptors (Lipinski definition) is 1. The molecule has 0 fully saturated rings. The van der Waals surface area contributed by atoms with Crippen molar-refractivity contribution >= 4 is 15.9 Å². The minimum Gasteiger partial charge on any atom is -0.455 e. The Morgan fingerprint density at radius 1 is 1.05 bits per heavy atom. The highest BCUT2D eigenvalue weighted by Gasteiger charge is 2.07. The summed E-state index contributed by atoms with van der Waals surface area (Å²) >= 11 is 3.45. The van der Waals surface area contributed by atoms with Crippen molar-refractivity contribution in [1.29, 1.82) is 0 Å². The first kappa shape index (κ1) is 16.3. The van der Waals surface area contributed by atoms with Gasteiger partial charge in [0.2, 0.25) is 0 Å². The van der Waals surface area contributed by atoms with Gasteiger partial charge in [-0.1, -0.05) is 28.1 Å². The van der Waals surface area contributed by atoms with Crippen LogP contribution < -0.4 is 10.2 Å². The standard InChI is InChI=1S/C17H23BrN2O/c1-3-20(4-2)12-11-19-13-16-9-10-17(21-16)14-5-7-15(18)8-6-14/h5-10,19H,3-4,11-13H2,1-2H3/p+2. The first-order valence-electron chi connectivity index (χ1n) is 7.72. The molecule has 0 unspecified atom stereocenters. The Bertz CT molecular complexity index is 532. The number of furan rings is 1. The predicted molar refractivity (Wildman–Crippen MR) is 89.3 cm³/mol. The summed E-state index contributed by atoms with van der Waals surface area (Å²) in [5.74, 6) is 1.99. The molecule has 0 aliphatic rings. The Hall–Kier alpha value is -1.10. The molecule has 0 bridgehead atoms. The van der Waals surface area contributed by atoms with Gasteiger partial charge in [0.15, 0.2) is 5.76 Å². The van der Waals surface area contributed by atoms with Gasteiger partial charge in [-0.05, 0) is 38.1 Å². The molecule has 114 valence electrons. The van der Waals surface area contributed by atoms with E-state index in [2.05, 4.69) is 59.4 Å². The molecule has 3 N–H and O–H groups in total. The summed E-state index contributed by atoms with van der Waals surface area (Å²) in [6.07, 6.45) is 0. The van der Waals surface area contributed by atoms with Crippen LogP contribution in [0.5, 0.6) is 0 Å². The summed E-state index contributed by atoms with van der Waals surface area (Å²) in [5.41, 5.74) is 1.12. The number of quaternary nitrogens is 2. The van der Waals surface area contributed by atoms with E-state index in [9.17, 15) is 0 Å². The third kappa shape index (κ3) is 4.99. The van der Waals surface area contributed by atoms with Crippen LogP contribution in [0.3, 0.4) is 0 Å². The number of nitrogens with two attached hydrogens (primary N) is 1. The lowest BCUT2D eigenvalue weighted by molar-refractivity contribution is -0.910. The Morgan fingerprint density at radius 3 is 2.43 bits per heavy atom. The molecule has 0 spiro atoms. The van der Waals surface area contributed by atoms with Gasteiger partial charge in [-0.15, -0.1) is 0 Å². The van der Waals surface area contributed by atoms with Gasteiger partial charge in [0.1, 0.15) is 25.4 Å². The maximum Gasteiger partial charge on any atom is 0.158 e. The number of hydrogen-bond donors (Lipinski definition) is 2. The van der Waals surface area contributed by atoms with Crippen LogP contribution in [-0.4, -0.2) is 26.2 Å². The molecule has 1 aromatic heterocycles. The van der Waals surface area contributed by atoms with Gasteiger partial charge in [-0.25, -0.2) is 0 Å². The molecule has 2 rings (SSSR count). The van der Waals surface area contributed by atoms with Crippen molar-refractivity contribution in [3.8, 4) is 11.3 Å². The first-order valence-corrected chi connectivity index (χ1v) is 8.52. The van der Waals surface area contributed by atoms with Crippen LogP contribution in [-0.2, 0) is 6.54 Å². The molecule has 0 aliphatic heterocycles. The molecule has 0 atom stereocenters. The van der Waals surface area contributed by atoms with Crippen molar-refractivity contribution < 1.29 is 14.6 Å². The van der Waals surface area contributed by atoms with E-state index in [1.54, 1.807) is 4.90 Å². The molecule has 4 heteroatoms. The van der Waals surface area contributed by atoms with Crippen LogP contribution in [0.4, 0.5) is 0 Å². The van der Waals surface area contributed by atoms with Crippen LogP contribution in [0.1, 0.15) is 19.6 Å². The average molecular weight is 353 g/mol. The lowest BCUT2D eigenvalue weighted by Gasteiger charge is -2.13. The zero-order chi connectivity index (χ0) is 15.1. The van der Waals surface area contributed by atoms with Crippen LogP contribution in [0, 0.1) is 0 Å². The lowest BCUT2D eigenvalue weighted by Crippen LogP contribution is -3.14. The van der Waals surface area contributed by atoms with Crippen LogP contribution in [0.2, 0.25) is 0 Å². The van der Waals surface area contributed by atoms with E-state index >= 15 is 0 Å². The molecule has 1 aromatic carbocycles. The largest absolute Gasteiger partial charge is 0.455 e. The van der Waals surface area contributed by atoms with Crippen molar-refractivity contribution in [1.82, 2.24) is 0 Å². The molecule has 0 amide bonds. The third-order valence-electron chi connectivity index (χ3n) is 3.84. The Morgan fingerprint density at radius 2 is 1.76 bits per heavy atom. The quantitative estimate of drug-likeness (QED) is 0.696. The fourth-order valence-corrected chi connectivity index (χ4v) is 2.68. The Kier molecular flexibility index (Phi) is 6.49. The molecule has 0 radical (unpaired) electrons. The summed E-state index contributed by atoms with van der Waals surface area (Å²) in [6, 6.07) is 12.4. The molecule has 0 saturated heterocycles. The lowest BCUT2D eigenvalue weighted by atomic mass is 10.2. The highest BCUT2D eigenvalue weighted by Crippen LogP contribution is 2.23. The highest BCUT2D eigenvalue weighted by molar-refractivity contribution is 9.10. The van der Waals surface area contributed by atoms with E-state index in [-0.39, 0.29) is 0 Å². The van der Waals surface area contributed by atoms with Gasteiger partial charge in [-0.3, -0.25) is 0 Å². The van der Waals surface area contributed by atoms with Crippen molar-refractivity contribution in [2.45, 2.75) is 20.4 Å². The zero-order valence-electron chi connectivity index (χ0n) is 12.9. The fourth-order valence-electron chi connectivity index (χ4n) is 2.41. The predicted octanol–water partition coefficient (Wildman–Crippen LogP) is 1.70. The molecule has 1 heterocycles. The number of halogens is 1. The molecular weight excluding hydrogens is 328 g/mol. The highest BCUT2D eigenvalue weighted by atomic mass is 79.9. The van der Waals surface area contributed by atoms with Crippen molar-refractivity contribution in [2.75, 3.05) is 26.2 Å². The summed E-state index contributed by atoms with van der Waals surface area (Å²) in [6.45, 7) is 10.2. The molecule has 21 heavy (non-hydrogen) atoms. The molecule has 0 saturated carbocycles. The second-order valence-electron chi connectivity index (χ2n) is 5.26. The van der Waals surface area contributed by atoms with Gasteiger partial charge < -0.3 is 14.6 Å². The maximum absolute atomic E-state index is 5.92. The third-order valence-corrected chi connectivity index (χ3v) is 4.37. The summed E-state index contributed by atoms with van der Waals surface area (Å²) < 4.78 is 7.00. The van der Waals surface area contributed by atoms with Gasteiger partial charge >= 0.3 is 0 Å². The van der Waals surface area contributed by atoms with Gasteiger partial charge in [0.25, 0.3) is 0 Å². The number of benzene rings is 1. The monoisotopic (exact) mass is 352 g/mol. The smallest absolute Gasteiger partial charge is 0.158 e. The van der Waals surface area contributed by atoms with E-state index in [0.717, 1.165) is 34.6 Å². The minimum atomic E-state index is 0.914. The second kappa shape index (κ2) is 8.37. The van der Waals surface area contributed by atoms with Crippen molar-refractivity contribution in [3.05, 3.63) is 46.6 Å². The fraction of sp³-hybridized carbons (Fsp3) is 0.412. The zero-order valence-corrected chi connectivity index (χ0v) is 14.4. The minimum absolute atomic E-state index is 0.914. The van der Waals surface area contributed by atoms with Gasteiger partial charge in [-0.2, -0.15) is 0 Å². The van der Waals surface area contributed by atoms with Crippen LogP contribution >= 0.6 is 15.9 Å². The molecular formula is C17H25BrN2O+2. The topological polar surface area (TPSA) is 34.2 Å². The van der Waals surface area contributed by atoms with Crippen LogP contribution in [0.15, 0.2) is 45.3 Å². The van der Waals surface area contributed by atoms with Gasteiger partial charge in [0, 0.05) is 10.0 Å². The SMILES string of the molecule is CC[NH+](CC)CC[NH2+]Cc1ccc(-c2ccc(Br)cc2)o1. The maximum atomic E-state index is 5.92. The van der Waals surface area contributed by atoms with Crippen molar-refractivity contribution in [2.24, 2.45) is 0 Å². The van der Waals surface area contributed by atoms with E-state index in [1.807, 2.05) is 12.1 Å². The number of likely N-dealkylation sites (N-methyl/N-ethyl adjacent to an activating group) is 1. The van der Waals surface area contributed by atoms with E-state index in [4.69, 9.17) is 4.42 Å². The summed E-state index contributed by atoms with van der Waals surface area (Å²) in [7, 11) is 0. The Labute approximate surface area is 135 Å². The molecule has 0 aliphatic carbocycles. The van der Waals surface area contributed by atoms with Gasteiger partial charge in [0.05, 0.1) is 13.1 Å². The second-order valence-corrected chi connectivity index (χ2v) is 6.18. The molecule has 2 aromatic rings. The van der Waals surface area contributed by atoms with E-state index in [1.165, 1.54) is 19.6 Å².